The minimum atomic E-state index is -5.07. The average molecular weight is 667 g/mol. The molecule has 0 aliphatic carbocycles. The van der Waals surface area contributed by atoms with E-state index in [0.29, 0.717) is 57.0 Å². The molecule has 0 spiro atoms. The van der Waals surface area contributed by atoms with Gasteiger partial charge in [0.2, 0.25) is 0 Å². The maximum Gasteiger partial charge on any atom is 0.416 e. The summed E-state index contributed by atoms with van der Waals surface area (Å²) in [5.74, 6) is 0.342. The first-order valence-electron chi connectivity index (χ1n) is 14.7. The van der Waals surface area contributed by atoms with Crippen LogP contribution < -0.4 is 30.5 Å². The molecule has 1 saturated heterocycles. The zero-order chi connectivity index (χ0) is 34.4. The average Bonchev–Trinajstić information content (AvgIpc) is 3.02. The highest BCUT2D eigenvalue weighted by Crippen LogP contribution is 2.38. The summed E-state index contributed by atoms with van der Waals surface area (Å²) in [7, 11) is 5.43. The number of nitrogens with one attached hydrogen (secondary N) is 3. The normalized spacial score (nSPS) is 13.8. The highest BCUT2D eigenvalue weighted by molar-refractivity contribution is 6.04. The number of carbonyl (C=O) groups is 2. The van der Waals surface area contributed by atoms with Crippen LogP contribution in [0.5, 0.6) is 5.75 Å². The SMILES string of the molecule is COc1ccccc1N1CCN(c2ccc(NC(=O)Nc3cc(C(F)(F)F)cc(C(F)(F)F)c3)cc2C(=O)NCCCN(C)C)CC1. The molecule has 4 rings (SSSR count). The second kappa shape index (κ2) is 14.8. The van der Waals surface area contributed by atoms with E-state index >= 15 is 0 Å². The highest BCUT2D eigenvalue weighted by atomic mass is 19.4. The molecule has 15 heteroatoms. The van der Waals surface area contributed by atoms with Crippen LogP contribution in [0.15, 0.2) is 60.7 Å². The van der Waals surface area contributed by atoms with Crippen LogP contribution in [0.25, 0.3) is 0 Å². The fourth-order valence-corrected chi connectivity index (χ4v) is 5.16. The number of alkyl halides is 6. The summed E-state index contributed by atoms with van der Waals surface area (Å²) in [5.41, 5.74) is -1.92. The number of piperazine rings is 1. The highest BCUT2D eigenvalue weighted by Gasteiger charge is 2.37. The molecule has 3 amide bonds. The Bertz CT molecular complexity index is 1520. The van der Waals surface area contributed by atoms with Gasteiger partial charge in [-0.05, 0) is 75.6 Å². The molecule has 1 aliphatic heterocycles. The number of hydrogen-bond donors (Lipinski definition) is 3. The van der Waals surface area contributed by atoms with E-state index < -0.39 is 41.1 Å². The summed E-state index contributed by atoms with van der Waals surface area (Å²) in [6, 6.07) is 12.0. The van der Waals surface area contributed by atoms with Gasteiger partial charge < -0.3 is 35.4 Å². The van der Waals surface area contributed by atoms with Crippen molar-refractivity contribution >= 4 is 34.7 Å². The quantitative estimate of drug-likeness (QED) is 0.172. The Kier molecular flexibility index (Phi) is 11.1. The molecule has 3 aromatic rings. The van der Waals surface area contributed by atoms with Gasteiger partial charge in [0.1, 0.15) is 5.75 Å². The first-order valence-corrected chi connectivity index (χ1v) is 14.7. The third-order valence-corrected chi connectivity index (χ3v) is 7.46. The predicted octanol–water partition coefficient (Wildman–Crippen LogP) is 6.38. The minimum Gasteiger partial charge on any atom is -0.495 e. The number of hydrogen-bond acceptors (Lipinski definition) is 6. The number of ether oxygens (including phenoxy) is 1. The summed E-state index contributed by atoms with van der Waals surface area (Å²) in [6.07, 6.45) is -9.46. The van der Waals surface area contributed by atoms with Gasteiger partial charge >= 0.3 is 18.4 Å². The van der Waals surface area contributed by atoms with Crippen molar-refractivity contribution in [3.05, 3.63) is 77.4 Å². The first kappa shape index (κ1) is 35.2. The fourth-order valence-electron chi connectivity index (χ4n) is 5.16. The maximum absolute atomic E-state index is 13.4. The van der Waals surface area contributed by atoms with Crippen LogP contribution >= 0.6 is 0 Å². The molecule has 1 heterocycles. The number of methoxy groups -OCH3 is 1. The summed E-state index contributed by atoms with van der Waals surface area (Å²) in [5, 5.41) is 7.34. The van der Waals surface area contributed by atoms with Crippen LogP contribution in [0.4, 0.5) is 53.9 Å². The van der Waals surface area contributed by atoms with E-state index in [1.54, 1.807) is 13.2 Å². The van der Waals surface area contributed by atoms with Gasteiger partial charge in [-0.2, -0.15) is 26.3 Å². The fraction of sp³-hybridized carbons (Fsp3) is 0.375. The Morgan fingerprint density at radius 3 is 1.94 bits per heavy atom. The number of nitrogens with zero attached hydrogens (tertiary/aromatic N) is 3. The number of rotatable bonds is 10. The van der Waals surface area contributed by atoms with Gasteiger partial charge in [0.25, 0.3) is 5.91 Å². The molecule has 3 aromatic carbocycles. The summed E-state index contributed by atoms with van der Waals surface area (Å²) >= 11 is 0. The lowest BCUT2D eigenvalue weighted by molar-refractivity contribution is -0.143. The second-order valence-corrected chi connectivity index (χ2v) is 11.2. The van der Waals surface area contributed by atoms with Crippen LogP contribution in [0.2, 0.25) is 0 Å². The zero-order valence-electron chi connectivity index (χ0n) is 26.1. The largest absolute Gasteiger partial charge is 0.495 e. The molecular formula is C32H36F6N6O3. The van der Waals surface area contributed by atoms with E-state index in [-0.39, 0.29) is 17.3 Å². The lowest BCUT2D eigenvalue weighted by atomic mass is 10.1. The monoisotopic (exact) mass is 666 g/mol. The molecule has 1 aliphatic rings. The van der Waals surface area contributed by atoms with Crippen molar-refractivity contribution < 1.29 is 40.7 Å². The standard InChI is InChI=1S/C32H36F6N6O3/c1-42(2)12-6-11-39-29(45)25-20-23(40-30(46)41-24-18-21(31(33,34)35)17-22(19-24)32(36,37)38)9-10-26(25)43-13-15-44(16-14-43)27-7-4-5-8-28(27)47-3/h4-5,7-10,17-20H,6,11-16H2,1-3H3,(H,39,45)(H2,40,41,46). The molecule has 0 radical (unpaired) electrons. The number of amides is 3. The van der Waals surface area contributed by atoms with Crippen molar-refractivity contribution in [2.75, 3.05) is 80.9 Å². The molecule has 0 saturated carbocycles. The maximum atomic E-state index is 13.4. The van der Waals surface area contributed by atoms with Crippen molar-refractivity contribution in [3.63, 3.8) is 0 Å². The van der Waals surface area contributed by atoms with E-state index in [0.717, 1.165) is 18.0 Å². The summed E-state index contributed by atoms with van der Waals surface area (Å²) < 4.78 is 85.2. The Hall–Kier alpha value is -4.66. The lowest BCUT2D eigenvalue weighted by Crippen LogP contribution is -2.47. The van der Waals surface area contributed by atoms with Crippen molar-refractivity contribution in [1.29, 1.82) is 0 Å². The molecule has 0 unspecified atom stereocenters. The topological polar surface area (TPSA) is 89.2 Å². The Morgan fingerprint density at radius 2 is 1.36 bits per heavy atom. The van der Waals surface area contributed by atoms with Crippen LogP contribution in [-0.2, 0) is 12.4 Å². The number of halogens is 6. The molecule has 9 nitrogen and oxygen atoms in total. The van der Waals surface area contributed by atoms with Gasteiger partial charge in [-0.25, -0.2) is 4.79 Å². The van der Waals surface area contributed by atoms with Gasteiger partial charge in [0.05, 0.1) is 29.5 Å². The molecule has 0 atom stereocenters. The van der Waals surface area contributed by atoms with Gasteiger partial charge in [-0.1, -0.05) is 12.1 Å². The smallest absolute Gasteiger partial charge is 0.416 e. The minimum absolute atomic E-state index is 0.0264. The second-order valence-electron chi connectivity index (χ2n) is 11.2. The molecule has 47 heavy (non-hydrogen) atoms. The zero-order valence-corrected chi connectivity index (χ0v) is 26.1. The molecule has 254 valence electrons. The molecule has 0 bridgehead atoms. The van der Waals surface area contributed by atoms with Crippen molar-refractivity contribution in [2.45, 2.75) is 18.8 Å². The Morgan fingerprint density at radius 1 is 0.787 bits per heavy atom. The van der Waals surface area contributed by atoms with Crippen molar-refractivity contribution in [3.8, 4) is 5.75 Å². The van der Waals surface area contributed by atoms with Gasteiger partial charge in [-0.3, -0.25) is 4.79 Å². The van der Waals surface area contributed by atoms with Crippen LogP contribution in [0.1, 0.15) is 27.9 Å². The van der Waals surface area contributed by atoms with Crippen LogP contribution in [0, 0.1) is 0 Å². The number of benzene rings is 3. The summed E-state index contributed by atoms with van der Waals surface area (Å²) in [4.78, 5) is 32.3. The van der Waals surface area contributed by atoms with Gasteiger partial charge in [0.15, 0.2) is 0 Å². The first-order chi connectivity index (χ1) is 22.2. The van der Waals surface area contributed by atoms with Gasteiger partial charge in [0, 0.05) is 49.8 Å². The molecular weight excluding hydrogens is 630 g/mol. The molecule has 0 aromatic heterocycles. The number of urea groups is 1. The van der Waals surface area contributed by atoms with E-state index in [1.165, 1.54) is 12.1 Å². The Balaban J connectivity index is 1.54. The number of carbonyl (C=O) groups excluding carboxylic acids is 2. The van der Waals surface area contributed by atoms with Crippen LogP contribution in [0.3, 0.4) is 0 Å². The van der Waals surface area contributed by atoms with Gasteiger partial charge in [-0.15, -0.1) is 0 Å². The third kappa shape index (κ3) is 9.44. The Labute approximate surface area is 268 Å². The number of anilines is 4. The van der Waals surface area contributed by atoms with E-state index in [2.05, 4.69) is 15.5 Å². The van der Waals surface area contributed by atoms with Crippen LogP contribution in [-0.4, -0.2) is 77.3 Å². The lowest BCUT2D eigenvalue weighted by Gasteiger charge is -2.38. The van der Waals surface area contributed by atoms with E-state index in [4.69, 9.17) is 4.74 Å². The predicted molar refractivity (Wildman–Crippen MR) is 168 cm³/mol. The van der Waals surface area contributed by atoms with E-state index in [9.17, 15) is 35.9 Å². The summed E-state index contributed by atoms with van der Waals surface area (Å²) in [6.45, 7) is 3.50. The van der Waals surface area contributed by atoms with Crippen molar-refractivity contribution in [1.82, 2.24) is 10.2 Å². The molecule has 1 fully saturated rings. The number of para-hydroxylation sites is 2. The molecule has 3 N–H and O–H groups in total. The van der Waals surface area contributed by atoms with Crippen molar-refractivity contribution in [2.24, 2.45) is 0 Å². The van der Waals surface area contributed by atoms with E-state index in [1.807, 2.05) is 53.5 Å². The third-order valence-electron chi connectivity index (χ3n) is 7.46.